The van der Waals surface area contributed by atoms with Crippen LogP contribution in [0.3, 0.4) is 0 Å². The average molecular weight is 220 g/mol. The van der Waals surface area contributed by atoms with Crippen molar-refractivity contribution in [2.45, 2.75) is 25.0 Å². The van der Waals surface area contributed by atoms with Crippen LogP contribution < -0.4 is 0 Å². The average Bonchev–Trinajstić information content (AvgIpc) is 2.16. The number of carboxylic acids is 1. The third kappa shape index (κ3) is 7.03. The lowest BCUT2D eigenvalue weighted by Crippen LogP contribution is -2.18. The summed E-state index contributed by atoms with van der Waals surface area (Å²) in [6.07, 6.45) is -1.33. The third-order valence-corrected chi connectivity index (χ3v) is 1.74. The first kappa shape index (κ1) is 14.1. The molecular weight excluding hydrogens is 204 g/mol. The highest BCUT2D eigenvalue weighted by Crippen LogP contribution is 2.12. The number of aliphatic hydroxyl groups is 4. The Bertz CT molecular complexity index is 211. The Balaban J connectivity index is 4.38. The predicted octanol–water partition coefficient (Wildman–Crippen LogP) is -1.52. The van der Waals surface area contributed by atoms with Crippen molar-refractivity contribution < 1.29 is 30.3 Å². The summed E-state index contributed by atoms with van der Waals surface area (Å²) in [7, 11) is 0. The van der Waals surface area contributed by atoms with E-state index in [9.17, 15) is 4.79 Å². The molecule has 5 N–H and O–H groups in total. The van der Waals surface area contributed by atoms with Gasteiger partial charge in [0.2, 0.25) is 0 Å². The van der Waals surface area contributed by atoms with Crippen LogP contribution in [0, 0.1) is 0 Å². The SMILES string of the molecule is O=C(O)C=C(CC(O)CO)CC(O)CO. The van der Waals surface area contributed by atoms with Crippen molar-refractivity contribution in [3.05, 3.63) is 11.6 Å². The van der Waals surface area contributed by atoms with Crippen LogP contribution in [-0.4, -0.2) is 56.9 Å². The summed E-state index contributed by atoms with van der Waals surface area (Å²) >= 11 is 0. The van der Waals surface area contributed by atoms with E-state index in [0.717, 1.165) is 6.08 Å². The van der Waals surface area contributed by atoms with Crippen LogP contribution in [0.1, 0.15) is 12.8 Å². The van der Waals surface area contributed by atoms with E-state index in [1.54, 1.807) is 0 Å². The molecule has 0 aromatic rings. The lowest BCUT2D eigenvalue weighted by molar-refractivity contribution is -0.131. The smallest absolute Gasteiger partial charge is 0.328 e. The second-order valence-corrected chi connectivity index (χ2v) is 3.22. The fourth-order valence-corrected chi connectivity index (χ4v) is 1.11. The van der Waals surface area contributed by atoms with Crippen molar-refractivity contribution in [3.63, 3.8) is 0 Å². The quantitative estimate of drug-likeness (QED) is 0.333. The van der Waals surface area contributed by atoms with E-state index in [1.807, 2.05) is 0 Å². The zero-order valence-corrected chi connectivity index (χ0v) is 8.20. The molecule has 2 atom stereocenters. The van der Waals surface area contributed by atoms with Gasteiger partial charge in [0.1, 0.15) is 0 Å². The summed E-state index contributed by atoms with van der Waals surface area (Å²) in [6, 6.07) is 0. The van der Waals surface area contributed by atoms with Crippen molar-refractivity contribution in [1.29, 1.82) is 0 Å². The van der Waals surface area contributed by atoms with Crippen molar-refractivity contribution >= 4 is 5.97 Å². The van der Waals surface area contributed by atoms with Gasteiger partial charge >= 0.3 is 5.97 Å². The molecule has 0 radical (unpaired) electrons. The molecule has 0 fully saturated rings. The van der Waals surface area contributed by atoms with Crippen molar-refractivity contribution in [1.82, 2.24) is 0 Å². The van der Waals surface area contributed by atoms with Crippen LogP contribution in [0.15, 0.2) is 11.6 Å². The molecule has 88 valence electrons. The Morgan fingerprint density at radius 1 is 1.07 bits per heavy atom. The molecule has 0 aliphatic carbocycles. The molecule has 2 unspecified atom stereocenters. The van der Waals surface area contributed by atoms with Gasteiger partial charge in [-0.05, 0) is 12.8 Å². The molecule has 0 aliphatic rings. The van der Waals surface area contributed by atoms with Gasteiger partial charge in [-0.3, -0.25) is 0 Å². The minimum absolute atomic E-state index is 0.0418. The lowest BCUT2D eigenvalue weighted by Gasteiger charge is -2.13. The molecule has 0 aromatic carbocycles. The molecule has 6 heteroatoms. The first-order valence-corrected chi connectivity index (χ1v) is 4.49. The Hall–Kier alpha value is -0.950. The molecule has 0 aromatic heterocycles. The van der Waals surface area contributed by atoms with Crippen LogP contribution >= 0.6 is 0 Å². The number of rotatable bonds is 7. The molecule has 0 spiro atoms. The van der Waals surface area contributed by atoms with E-state index < -0.39 is 31.4 Å². The summed E-state index contributed by atoms with van der Waals surface area (Å²) < 4.78 is 0. The highest BCUT2D eigenvalue weighted by Gasteiger charge is 2.12. The number of aliphatic carboxylic acids is 1. The Morgan fingerprint density at radius 2 is 1.47 bits per heavy atom. The molecule has 0 aliphatic heterocycles. The number of carbonyl (C=O) groups is 1. The number of aliphatic hydroxyl groups excluding tert-OH is 4. The maximum Gasteiger partial charge on any atom is 0.328 e. The van der Waals surface area contributed by atoms with Gasteiger partial charge in [-0.1, -0.05) is 5.57 Å². The van der Waals surface area contributed by atoms with E-state index >= 15 is 0 Å². The lowest BCUT2D eigenvalue weighted by atomic mass is 10.0. The van der Waals surface area contributed by atoms with Crippen LogP contribution in [-0.2, 0) is 4.79 Å². The van der Waals surface area contributed by atoms with Crippen LogP contribution in [0.25, 0.3) is 0 Å². The summed E-state index contributed by atoms with van der Waals surface area (Å²) in [5.41, 5.74) is 0.269. The highest BCUT2D eigenvalue weighted by atomic mass is 16.4. The van der Waals surface area contributed by atoms with E-state index in [1.165, 1.54) is 0 Å². The number of carboxylic acid groups (broad SMARTS) is 1. The summed E-state index contributed by atoms with van der Waals surface area (Å²) in [5.74, 6) is -1.19. The van der Waals surface area contributed by atoms with E-state index in [0.29, 0.717) is 0 Å². The van der Waals surface area contributed by atoms with Gasteiger partial charge in [0, 0.05) is 6.08 Å². The van der Waals surface area contributed by atoms with Crippen LogP contribution in [0.2, 0.25) is 0 Å². The molecule has 15 heavy (non-hydrogen) atoms. The van der Waals surface area contributed by atoms with Gasteiger partial charge in [-0.2, -0.15) is 0 Å². The predicted molar refractivity (Wildman–Crippen MR) is 51.1 cm³/mol. The molecule has 6 nitrogen and oxygen atoms in total. The zero-order chi connectivity index (χ0) is 11.8. The fourth-order valence-electron chi connectivity index (χ4n) is 1.11. The molecule has 0 amide bonds. The summed E-state index contributed by atoms with van der Waals surface area (Å²) in [4.78, 5) is 10.4. The van der Waals surface area contributed by atoms with Gasteiger partial charge in [-0.15, -0.1) is 0 Å². The Labute approximate surface area is 87.1 Å². The van der Waals surface area contributed by atoms with Gasteiger partial charge in [-0.25, -0.2) is 4.79 Å². The normalized spacial score (nSPS) is 14.4. The first-order chi connectivity index (χ1) is 6.99. The molecule has 0 rings (SSSR count). The zero-order valence-electron chi connectivity index (χ0n) is 8.20. The van der Waals surface area contributed by atoms with E-state index in [4.69, 9.17) is 25.5 Å². The Morgan fingerprint density at radius 3 is 1.73 bits per heavy atom. The number of hydrogen-bond donors (Lipinski definition) is 5. The first-order valence-electron chi connectivity index (χ1n) is 4.49. The standard InChI is InChI=1S/C9H16O6/c10-4-7(12)1-6(3-9(14)15)2-8(13)5-11/h3,7-8,10-13H,1-2,4-5H2,(H,14,15). The Kier molecular flexibility index (Phi) is 6.89. The van der Waals surface area contributed by atoms with Crippen molar-refractivity contribution in [3.8, 4) is 0 Å². The van der Waals surface area contributed by atoms with E-state index in [-0.39, 0.29) is 18.4 Å². The van der Waals surface area contributed by atoms with E-state index in [2.05, 4.69) is 0 Å². The highest BCUT2D eigenvalue weighted by molar-refractivity contribution is 5.80. The monoisotopic (exact) mass is 220 g/mol. The van der Waals surface area contributed by atoms with Crippen LogP contribution in [0.4, 0.5) is 0 Å². The minimum Gasteiger partial charge on any atom is -0.478 e. The van der Waals surface area contributed by atoms with Gasteiger partial charge < -0.3 is 25.5 Å². The van der Waals surface area contributed by atoms with Gasteiger partial charge in [0.05, 0.1) is 25.4 Å². The van der Waals surface area contributed by atoms with Gasteiger partial charge in [0.25, 0.3) is 0 Å². The molecule has 0 saturated heterocycles. The maximum absolute atomic E-state index is 10.4. The number of hydrogen-bond acceptors (Lipinski definition) is 5. The molecule has 0 bridgehead atoms. The second-order valence-electron chi connectivity index (χ2n) is 3.22. The van der Waals surface area contributed by atoms with Crippen molar-refractivity contribution in [2.75, 3.05) is 13.2 Å². The largest absolute Gasteiger partial charge is 0.478 e. The molecular formula is C9H16O6. The third-order valence-electron chi connectivity index (χ3n) is 1.74. The fraction of sp³-hybridized carbons (Fsp3) is 0.667. The topological polar surface area (TPSA) is 118 Å². The maximum atomic E-state index is 10.4. The van der Waals surface area contributed by atoms with Crippen molar-refractivity contribution in [2.24, 2.45) is 0 Å². The second kappa shape index (κ2) is 7.36. The minimum atomic E-state index is -1.19. The summed E-state index contributed by atoms with van der Waals surface area (Å²) in [5, 5.41) is 43.8. The van der Waals surface area contributed by atoms with Gasteiger partial charge in [0.15, 0.2) is 0 Å². The summed E-state index contributed by atoms with van der Waals surface area (Å²) in [6.45, 7) is -0.960. The molecule has 0 saturated carbocycles. The van der Waals surface area contributed by atoms with Crippen LogP contribution in [0.5, 0.6) is 0 Å². The molecule has 0 heterocycles.